The smallest absolute Gasteiger partial charge is 0.0348 e. The number of hydrogen-bond donors (Lipinski definition) is 0. The molecule has 0 aliphatic heterocycles. The maximum atomic E-state index is 5.08. The van der Waals surface area contributed by atoms with Crippen LogP contribution in [0.4, 0.5) is 0 Å². The molecule has 0 aromatic heterocycles. The maximum Gasteiger partial charge on any atom is -0.0348 e. The summed E-state index contributed by atoms with van der Waals surface area (Å²) in [4.78, 5) is 0. The molecule has 0 heterocycles. The highest BCUT2D eigenvalue weighted by atomic mass is 13.8. The first-order valence-electron chi connectivity index (χ1n) is 2.91. The van der Waals surface area contributed by atoms with Crippen LogP contribution in [0.1, 0.15) is 19.3 Å². The largest absolute Gasteiger partial charge is 0.0845 e. The van der Waals surface area contributed by atoms with Gasteiger partial charge in [0.1, 0.15) is 0 Å². The first-order chi connectivity index (χ1) is 3.91. The third-order valence-corrected chi connectivity index (χ3v) is 0.868. The zero-order valence-electron chi connectivity index (χ0n) is 5.14. The predicted octanol–water partition coefficient (Wildman–Crippen LogP) is 2.54. The molecule has 0 N–H and O–H groups in total. The minimum absolute atomic E-state index is 1.01. The van der Waals surface area contributed by atoms with Crippen LogP contribution in [-0.4, -0.2) is 0 Å². The first-order valence-corrected chi connectivity index (χ1v) is 2.91. The molecule has 44 valence electrons. The molecule has 2 radical (unpaired) electrons. The van der Waals surface area contributed by atoms with E-state index in [9.17, 15) is 0 Å². The van der Waals surface area contributed by atoms with Gasteiger partial charge in [-0.15, -0.1) is 0 Å². The molecule has 0 heteroatoms. The molecule has 0 aromatic rings. The summed E-state index contributed by atoms with van der Waals surface area (Å²) in [6, 6.07) is 0. The molecule has 0 aromatic carbocycles. The van der Waals surface area contributed by atoms with Crippen molar-refractivity contribution < 1.29 is 0 Å². The molecule has 0 rings (SSSR count). The number of unbranched alkanes of at least 4 members (excludes halogenated alkanes) is 2. The van der Waals surface area contributed by atoms with Crippen molar-refractivity contribution in [3.05, 3.63) is 31.7 Å². The molecule has 0 fully saturated rings. The lowest BCUT2D eigenvalue weighted by atomic mass is 10.2. The highest BCUT2D eigenvalue weighted by molar-refractivity contribution is 4.95. The van der Waals surface area contributed by atoms with Gasteiger partial charge < -0.3 is 0 Å². The lowest BCUT2D eigenvalue weighted by Crippen LogP contribution is -1.64. The summed E-state index contributed by atoms with van der Waals surface area (Å²) in [5.74, 6) is 0. The molecule has 8 heavy (non-hydrogen) atoms. The highest BCUT2D eigenvalue weighted by Gasteiger charge is 1.73. The lowest BCUT2D eigenvalue weighted by Gasteiger charge is -1.84. The van der Waals surface area contributed by atoms with Crippen molar-refractivity contribution in [3.63, 3.8) is 0 Å². The Morgan fingerprint density at radius 1 is 1.50 bits per heavy atom. The summed E-state index contributed by atoms with van der Waals surface area (Å²) < 4.78 is 0. The van der Waals surface area contributed by atoms with Gasteiger partial charge in [0, 0.05) is 0 Å². The topological polar surface area (TPSA) is 0 Å². The Balaban J connectivity index is 2.91. The summed E-state index contributed by atoms with van der Waals surface area (Å²) in [7, 11) is 0. The van der Waals surface area contributed by atoms with Gasteiger partial charge >= 0.3 is 0 Å². The van der Waals surface area contributed by atoms with Crippen LogP contribution in [-0.2, 0) is 0 Å². The van der Waals surface area contributed by atoms with E-state index < -0.39 is 0 Å². The highest BCUT2D eigenvalue weighted by Crippen LogP contribution is 1.93. The Kier molecular flexibility index (Phi) is 6.06. The molecular weight excluding hydrogens is 96.1 g/mol. The van der Waals surface area contributed by atoms with Crippen molar-refractivity contribution in [3.8, 4) is 0 Å². The van der Waals surface area contributed by atoms with Gasteiger partial charge in [0.25, 0.3) is 0 Å². The van der Waals surface area contributed by atoms with Gasteiger partial charge in [-0.05, 0) is 12.8 Å². The summed E-state index contributed by atoms with van der Waals surface area (Å²) >= 11 is 0. The maximum absolute atomic E-state index is 5.08. The number of rotatable bonds is 4. The molecule has 0 aliphatic carbocycles. The van der Waals surface area contributed by atoms with Crippen LogP contribution in [0.25, 0.3) is 0 Å². The Hall–Kier alpha value is -0.520. The van der Waals surface area contributed by atoms with Gasteiger partial charge in [0.05, 0.1) is 0 Å². The SMILES string of the molecule is [CH]=CC=CCCC[CH2]. The van der Waals surface area contributed by atoms with Crippen LogP contribution < -0.4 is 0 Å². The molecule has 0 nitrogen and oxygen atoms in total. The van der Waals surface area contributed by atoms with Crippen molar-refractivity contribution in [2.45, 2.75) is 19.3 Å². The Morgan fingerprint density at radius 3 is 2.75 bits per heavy atom. The van der Waals surface area contributed by atoms with Crippen LogP contribution in [0, 0.1) is 13.5 Å². The van der Waals surface area contributed by atoms with Crippen LogP contribution in [0.2, 0.25) is 0 Å². The molecule has 0 atom stereocenters. The fraction of sp³-hybridized carbons (Fsp3) is 0.375. The number of allylic oxidation sites excluding steroid dienone is 3. The van der Waals surface area contributed by atoms with Gasteiger partial charge in [-0.1, -0.05) is 38.2 Å². The van der Waals surface area contributed by atoms with Crippen molar-refractivity contribution >= 4 is 0 Å². The molecule has 0 saturated heterocycles. The number of hydrogen-bond acceptors (Lipinski definition) is 0. The molecule has 0 bridgehead atoms. The molecule has 0 spiro atoms. The van der Waals surface area contributed by atoms with Crippen LogP contribution in [0.3, 0.4) is 0 Å². The van der Waals surface area contributed by atoms with E-state index in [1.807, 2.05) is 12.2 Å². The van der Waals surface area contributed by atoms with E-state index >= 15 is 0 Å². The Labute approximate surface area is 51.9 Å². The summed E-state index contributed by atoms with van der Waals surface area (Å²) in [6.45, 7) is 8.79. The molecule has 0 saturated carbocycles. The van der Waals surface area contributed by atoms with Crippen molar-refractivity contribution in [1.29, 1.82) is 0 Å². The van der Waals surface area contributed by atoms with E-state index in [2.05, 4.69) is 6.92 Å². The van der Waals surface area contributed by atoms with Gasteiger partial charge in [-0.2, -0.15) is 0 Å². The van der Waals surface area contributed by atoms with E-state index in [4.69, 9.17) is 6.58 Å². The van der Waals surface area contributed by atoms with Crippen molar-refractivity contribution in [1.82, 2.24) is 0 Å². The Morgan fingerprint density at radius 2 is 2.25 bits per heavy atom. The second-order valence-electron chi connectivity index (χ2n) is 1.62. The predicted molar refractivity (Wildman–Crippen MR) is 37.2 cm³/mol. The third-order valence-electron chi connectivity index (χ3n) is 0.868. The second kappa shape index (κ2) is 6.48. The van der Waals surface area contributed by atoms with E-state index in [0.29, 0.717) is 0 Å². The van der Waals surface area contributed by atoms with E-state index in [-0.39, 0.29) is 0 Å². The average Bonchev–Trinajstić information content (AvgIpc) is 1.81. The first kappa shape index (κ1) is 7.48. The van der Waals surface area contributed by atoms with E-state index in [1.165, 1.54) is 0 Å². The molecule has 0 amide bonds. The molecule has 0 unspecified atom stereocenters. The van der Waals surface area contributed by atoms with Crippen LogP contribution in [0.15, 0.2) is 18.2 Å². The van der Waals surface area contributed by atoms with E-state index in [1.54, 1.807) is 6.08 Å². The molecular formula is C8H12. The summed E-state index contributed by atoms with van der Waals surface area (Å²) in [6.07, 6.45) is 8.71. The second-order valence-corrected chi connectivity index (χ2v) is 1.62. The normalized spacial score (nSPS) is 10.1. The van der Waals surface area contributed by atoms with Crippen LogP contribution in [0.5, 0.6) is 0 Å². The fourth-order valence-corrected chi connectivity index (χ4v) is 0.437. The van der Waals surface area contributed by atoms with Crippen molar-refractivity contribution in [2.24, 2.45) is 0 Å². The molecule has 0 aliphatic rings. The average molecular weight is 108 g/mol. The van der Waals surface area contributed by atoms with Gasteiger partial charge in [-0.25, -0.2) is 0 Å². The lowest BCUT2D eigenvalue weighted by molar-refractivity contribution is 0.866. The fourth-order valence-electron chi connectivity index (χ4n) is 0.437. The summed E-state index contributed by atoms with van der Waals surface area (Å²) in [5, 5.41) is 0. The van der Waals surface area contributed by atoms with Crippen molar-refractivity contribution in [2.75, 3.05) is 0 Å². The van der Waals surface area contributed by atoms with E-state index in [0.717, 1.165) is 19.3 Å². The quantitative estimate of drug-likeness (QED) is 0.383. The summed E-state index contributed by atoms with van der Waals surface area (Å²) in [5.41, 5.74) is 0. The van der Waals surface area contributed by atoms with Gasteiger partial charge in [0.15, 0.2) is 0 Å². The third kappa shape index (κ3) is 5.48. The zero-order valence-corrected chi connectivity index (χ0v) is 5.14. The van der Waals surface area contributed by atoms with Gasteiger partial charge in [0.2, 0.25) is 0 Å². The monoisotopic (exact) mass is 108 g/mol. The van der Waals surface area contributed by atoms with Crippen LogP contribution >= 0.6 is 0 Å². The minimum Gasteiger partial charge on any atom is -0.0845 e. The standard InChI is InChI=1S/C8H12/c1-3-5-7-8-6-4-2/h1,3,5,7H,2,4,6,8H2. The zero-order chi connectivity index (χ0) is 6.24. The minimum atomic E-state index is 1.01. The van der Waals surface area contributed by atoms with Gasteiger partial charge in [-0.3, -0.25) is 0 Å². The Bertz CT molecular complexity index is 70.1.